The number of methoxy groups -OCH3 is 1. The third kappa shape index (κ3) is 1.93. The fourth-order valence-corrected chi connectivity index (χ4v) is 2.14. The fraction of sp³-hybridized carbons (Fsp3) is 0.357. The van der Waals surface area contributed by atoms with E-state index in [2.05, 4.69) is 25.8 Å². The van der Waals surface area contributed by atoms with E-state index in [1.165, 1.54) is 6.20 Å². The van der Waals surface area contributed by atoms with Gasteiger partial charge in [-0.05, 0) is 11.5 Å². The lowest BCUT2D eigenvalue weighted by molar-refractivity contribution is 0.418. The minimum atomic E-state index is -0.141. The van der Waals surface area contributed by atoms with E-state index in [0.717, 1.165) is 22.2 Å². The van der Waals surface area contributed by atoms with Crippen molar-refractivity contribution in [1.82, 2.24) is 4.98 Å². The first-order valence-corrected chi connectivity index (χ1v) is 5.60. The average molecular weight is 231 g/mol. The first kappa shape index (κ1) is 11.7. The van der Waals surface area contributed by atoms with Gasteiger partial charge in [0.1, 0.15) is 17.0 Å². The number of nitrogens with zero attached hydrogens (tertiary/aromatic N) is 1. The molecular formula is C14H17NO2. The Morgan fingerprint density at radius 1 is 1.24 bits per heavy atom. The summed E-state index contributed by atoms with van der Waals surface area (Å²) in [5, 5.41) is 10.9. The van der Waals surface area contributed by atoms with Crippen LogP contribution >= 0.6 is 0 Å². The molecule has 90 valence electrons. The number of aromatic hydroxyl groups is 1. The van der Waals surface area contributed by atoms with Crippen molar-refractivity contribution in [2.45, 2.75) is 26.2 Å². The highest BCUT2D eigenvalue weighted by Crippen LogP contribution is 2.38. The molecule has 0 aliphatic carbocycles. The summed E-state index contributed by atoms with van der Waals surface area (Å²) in [4.78, 5) is 4.25. The van der Waals surface area contributed by atoms with E-state index in [1.807, 2.05) is 18.2 Å². The summed E-state index contributed by atoms with van der Waals surface area (Å²) < 4.78 is 5.29. The van der Waals surface area contributed by atoms with E-state index in [4.69, 9.17) is 4.74 Å². The van der Waals surface area contributed by atoms with Crippen LogP contribution in [-0.4, -0.2) is 17.2 Å². The number of ether oxygens (including phenoxy) is 1. The second kappa shape index (κ2) is 3.91. The first-order chi connectivity index (χ1) is 7.95. The molecule has 3 heteroatoms. The van der Waals surface area contributed by atoms with Gasteiger partial charge in [0.05, 0.1) is 13.3 Å². The molecule has 1 aromatic heterocycles. The maximum Gasteiger partial charge on any atom is 0.145 e. The predicted molar refractivity (Wildman–Crippen MR) is 68.7 cm³/mol. The molecule has 0 spiro atoms. The van der Waals surface area contributed by atoms with Crippen LogP contribution in [0.25, 0.3) is 10.9 Å². The van der Waals surface area contributed by atoms with Crippen molar-refractivity contribution in [1.29, 1.82) is 0 Å². The van der Waals surface area contributed by atoms with Crippen LogP contribution in [0.1, 0.15) is 26.3 Å². The van der Waals surface area contributed by atoms with Gasteiger partial charge in [-0.3, -0.25) is 0 Å². The van der Waals surface area contributed by atoms with E-state index in [-0.39, 0.29) is 11.2 Å². The van der Waals surface area contributed by atoms with Gasteiger partial charge in [0.15, 0.2) is 0 Å². The van der Waals surface area contributed by atoms with Crippen LogP contribution in [0.2, 0.25) is 0 Å². The number of hydrogen-bond donors (Lipinski definition) is 1. The molecular weight excluding hydrogens is 214 g/mol. The summed E-state index contributed by atoms with van der Waals surface area (Å²) in [6.45, 7) is 6.21. The van der Waals surface area contributed by atoms with Gasteiger partial charge in [0.2, 0.25) is 0 Å². The number of benzene rings is 1. The maximum absolute atomic E-state index is 10.0. The second-order valence-electron chi connectivity index (χ2n) is 5.12. The van der Waals surface area contributed by atoms with Crippen LogP contribution in [0.3, 0.4) is 0 Å². The highest BCUT2D eigenvalue weighted by atomic mass is 16.5. The monoisotopic (exact) mass is 231 g/mol. The standard InChI is InChI=1S/C14H17NO2/c1-14(2,3)12-9-6-5-7-11(17-4)13(9)15-8-10(12)16/h5-8,16H,1-4H3. The lowest BCUT2D eigenvalue weighted by Gasteiger charge is -2.22. The van der Waals surface area contributed by atoms with E-state index in [0.29, 0.717) is 0 Å². The Morgan fingerprint density at radius 3 is 2.53 bits per heavy atom. The van der Waals surface area contributed by atoms with Gasteiger partial charge in [-0.1, -0.05) is 32.9 Å². The molecule has 0 atom stereocenters. The summed E-state index contributed by atoms with van der Waals surface area (Å²) in [6.07, 6.45) is 1.49. The van der Waals surface area contributed by atoms with Crippen LogP contribution in [0.15, 0.2) is 24.4 Å². The van der Waals surface area contributed by atoms with Crippen molar-refractivity contribution in [3.8, 4) is 11.5 Å². The van der Waals surface area contributed by atoms with E-state index in [9.17, 15) is 5.11 Å². The molecule has 0 saturated heterocycles. The summed E-state index contributed by atoms with van der Waals surface area (Å²) in [5.41, 5.74) is 1.55. The average Bonchev–Trinajstić information content (AvgIpc) is 2.25. The van der Waals surface area contributed by atoms with Crippen molar-refractivity contribution in [3.63, 3.8) is 0 Å². The first-order valence-electron chi connectivity index (χ1n) is 5.60. The molecule has 0 fully saturated rings. The Hall–Kier alpha value is -1.77. The zero-order chi connectivity index (χ0) is 12.6. The van der Waals surface area contributed by atoms with Gasteiger partial charge in [0, 0.05) is 10.9 Å². The Labute approximate surface area is 101 Å². The van der Waals surface area contributed by atoms with Crippen LogP contribution in [0.4, 0.5) is 0 Å². The quantitative estimate of drug-likeness (QED) is 0.819. The molecule has 0 bridgehead atoms. The molecule has 0 unspecified atom stereocenters. The Bertz CT molecular complexity index is 556. The molecule has 0 radical (unpaired) electrons. The number of para-hydroxylation sites is 1. The normalized spacial score (nSPS) is 11.8. The molecule has 0 saturated carbocycles. The lowest BCUT2D eigenvalue weighted by Crippen LogP contribution is -2.12. The van der Waals surface area contributed by atoms with E-state index >= 15 is 0 Å². The number of aromatic nitrogens is 1. The minimum Gasteiger partial charge on any atom is -0.506 e. The van der Waals surface area contributed by atoms with Crippen molar-refractivity contribution in [2.75, 3.05) is 7.11 Å². The number of pyridine rings is 1. The van der Waals surface area contributed by atoms with Crippen molar-refractivity contribution >= 4 is 10.9 Å². The maximum atomic E-state index is 10.0. The summed E-state index contributed by atoms with van der Waals surface area (Å²) in [6, 6.07) is 5.75. The Balaban J connectivity index is 2.87. The summed E-state index contributed by atoms with van der Waals surface area (Å²) in [7, 11) is 1.63. The Kier molecular flexibility index (Phi) is 2.69. The molecule has 0 amide bonds. The molecule has 17 heavy (non-hydrogen) atoms. The predicted octanol–water partition coefficient (Wildman–Crippen LogP) is 3.25. The van der Waals surface area contributed by atoms with E-state index < -0.39 is 0 Å². The molecule has 1 aromatic carbocycles. The fourth-order valence-electron chi connectivity index (χ4n) is 2.14. The zero-order valence-corrected chi connectivity index (χ0v) is 10.6. The molecule has 2 aromatic rings. The lowest BCUT2D eigenvalue weighted by atomic mass is 9.84. The Morgan fingerprint density at radius 2 is 1.94 bits per heavy atom. The highest BCUT2D eigenvalue weighted by molar-refractivity contribution is 5.89. The SMILES string of the molecule is COc1cccc2c(C(C)(C)C)c(O)cnc12. The van der Waals surface area contributed by atoms with Gasteiger partial charge in [-0.2, -0.15) is 0 Å². The van der Waals surface area contributed by atoms with Crippen molar-refractivity contribution in [3.05, 3.63) is 30.0 Å². The molecule has 1 N–H and O–H groups in total. The van der Waals surface area contributed by atoms with Gasteiger partial charge in [-0.15, -0.1) is 0 Å². The third-order valence-electron chi connectivity index (χ3n) is 2.81. The number of rotatable bonds is 1. The smallest absolute Gasteiger partial charge is 0.145 e. The molecule has 2 rings (SSSR count). The van der Waals surface area contributed by atoms with Gasteiger partial charge in [0.25, 0.3) is 0 Å². The van der Waals surface area contributed by atoms with Crippen molar-refractivity contribution < 1.29 is 9.84 Å². The van der Waals surface area contributed by atoms with Crippen LogP contribution < -0.4 is 4.74 Å². The molecule has 0 aliphatic rings. The van der Waals surface area contributed by atoms with Crippen LogP contribution in [0.5, 0.6) is 11.5 Å². The highest BCUT2D eigenvalue weighted by Gasteiger charge is 2.22. The molecule has 0 aliphatic heterocycles. The van der Waals surface area contributed by atoms with Gasteiger partial charge >= 0.3 is 0 Å². The largest absolute Gasteiger partial charge is 0.506 e. The number of fused-ring (bicyclic) bond motifs is 1. The summed E-state index contributed by atoms with van der Waals surface area (Å²) in [5.74, 6) is 0.964. The summed E-state index contributed by atoms with van der Waals surface area (Å²) >= 11 is 0. The van der Waals surface area contributed by atoms with Crippen molar-refractivity contribution in [2.24, 2.45) is 0 Å². The number of hydrogen-bond acceptors (Lipinski definition) is 3. The molecule has 3 nitrogen and oxygen atoms in total. The van der Waals surface area contributed by atoms with Gasteiger partial charge in [-0.25, -0.2) is 4.98 Å². The van der Waals surface area contributed by atoms with Crippen LogP contribution in [0, 0.1) is 0 Å². The van der Waals surface area contributed by atoms with Crippen LogP contribution in [-0.2, 0) is 5.41 Å². The van der Waals surface area contributed by atoms with Gasteiger partial charge < -0.3 is 9.84 Å². The minimum absolute atomic E-state index is 0.141. The topological polar surface area (TPSA) is 42.4 Å². The van der Waals surface area contributed by atoms with E-state index in [1.54, 1.807) is 7.11 Å². The third-order valence-corrected chi connectivity index (χ3v) is 2.81. The zero-order valence-electron chi connectivity index (χ0n) is 10.6. The molecule has 1 heterocycles. The second-order valence-corrected chi connectivity index (χ2v) is 5.12.